The SMILES string of the molecule is O=C1c2cccnc2C(Nc2ccccc2Cl)N1Cc1cccs1. The highest BCUT2D eigenvalue weighted by molar-refractivity contribution is 7.09. The predicted octanol–water partition coefficient (Wildman–Crippen LogP) is 4.56. The Morgan fingerprint density at radius 2 is 2.04 bits per heavy atom. The van der Waals surface area contributed by atoms with E-state index in [1.807, 2.05) is 47.8 Å². The van der Waals surface area contributed by atoms with Crippen LogP contribution in [0.5, 0.6) is 0 Å². The van der Waals surface area contributed by atoms with Gasteiger partial charge in [-0.2, -0.15) is 0 Å². The van der Waals surface area contributed by atoms with Crippen LogP contribution in [0.4, 0.5) is 5.69 Å². The molecule has 0 bridgehead atoms. The lowest BCUT2D eigenvalue weighted by atomic mass is 10.2. The smallest absolute Gasteiger partial charge is 0.258 e. The van der Waals surface area contributed by atoms with E-state index in [1.54, 1.807) is 28.5 Å². The molecule has 0 aliphatic carbocycles. The van der Waals surface area contributed by atoms with Gasteiger partial charge in [-0.3, -0.25) is 9.78 Å². The van der Waals surface area contributed by atoms with E-state index in [9.17, 15) is 4.79 Å². The van der Waals surface area contributed by atoms with E-state index in [2.05, 4.69) is 10.3 Å². The molecule has 0 radical (unpaired) electrons. The second-order valence-corrected chi connectivity index (χ2v) is 6.91. The third-order valence-corrected chi connectivity index (χ3v) is 5.16. The number of benzene rings is 1. The lowest BCUT2D eigenvalue weighted by Gasteiger charge is -2.26. The number of halogens is 1. The summed E-state index contributed by atoms with van der Waals surface area (Å²) in [6, 6.07) is 15.1. The molecule has 0 saturated heterocycles. The van der Waals surface area contributed by atoms with Crippen LogP contribution in [-0.4, -0.2) is 15.8 Å². The van der Waals surface area contributed by atoms with Crippen LogP contribution in [0.3, 0.4) is 0 Å². The van der Waals surface area contributed by atoms with Crippen LogP contribution in [-0.2, 0) is 6.54 Å². The molecular weight excluding hydrogens is 342 g/mol. The summed E-state index contributed by atoms with van der Waals surface area (Å²) >= 11 is 7.91. The number of nitrogens with zero attached hydrogens (tertiary/aromatic N) is 2. The minimum absolute atomic E-state index is 0.0175. The zero-order valence-electron chi connectivity index (χ0n) is 12.6. The third kappa shape index (κ3) is 2.66. The lowest BCUT2D eigenvalue weighted by Crippen LogP contribution is -2.31. The van der Waals surface area contributed by atoms with Gasteiger partial charge in [-0.05, 0) is 35.7 Å². The molecule has 1 aliphatic heterocycles. The minimum Gasteiger partial charge on any atom is -0.359 e. The van der Waals surface area contributed by atoms with Crippen molar-refractivity contribution in [3.8, 4) is 0 Å². The largest absolute Gasteiger partial charge is 0.359 e. The number of carbonyl (C=O) groups excluding carboxylic acids is 1. The van der Waals surface area contributed by atoms with Gasteiger partial charge in [0.1, 0.15) is 6.17 Å². The molecule has 3 aromatic rings. The molecule has 1 amide bonds. The van der Waals surface area contributed by atoms with Crippen molar-refractivity contribution in [2.45, 2.75) is 12.7 Å². The number of fused-ring (bicyclic) bond motifs is 1. The van der Waals surface area contributed by atoms with Gasteiger partial charge in [0.2, 0.25) is 0 Å². The van der Waals surface area contributed by atoms with Crippen molar-refractivity contribution >= 4 is 34.5 Å². The molecule has 4 rings (SSSR count). The number of carbonyl (C=O) groups is 1. The number of thiophene rings is 1. The number of para-hydroxylation sites is 1. The molecule has 0 spiro atoms. The van der Waals surface area contributed by atoms with E-state index in [0.29, 0.717) is 17.1 Å². The molecule has 1 N–H and O–H groups in total. The molecule has 1 unspecified atom stereocenters. The molecule has 0 saturated carbocycles. The monoisotopic (exact) mass is 355 g/mol. The Morgan fingerprint density at radius 1 is 1.17 bits per heavy atom. The van der Waals surface area contributed by atoms with Crippen LogP contribution in [0, 0.1) is 0 Å². The number of nitrogens with one attached hydrogen (secondary N) is 1. The van der Waals surface area contributed by atoms with Gasteiger partial charge in [0.25, 0.3) is 5.91 Å². The van der Waals surface area contributed by atoms with Crippen LogP contribution in [0.15, 0.2) is 60.1 Å². The fourth-order valence-corrected chi connectivity index (χ4v) is 3.73. The van der Waals surface area contributed by atoms with Gasteiger partial charge in [0.05, 0.1) is 28.5 Å². The Hall–Kier alpha value is -2.37. The Labute approximate surface area is 148 Å². The van der Waals surface area contributed by atoms with Gasteiger partial charge in [0.15, 0.2) is 0 Å². The molecule has 1 atom stereocenters. The summed E-state index contributed by atoms with van der Waals surface area (Å²) in [6.07, 6.45) is 1.37. The summed E-state index contributed by atoms with van der Waals surface area (Å²) in [6.45, 7) is 0.537. The first-order valence-electron chi connectivity index (χ1n) is 7.53. The third-order valence-electron chi connectivity index (χ3n) is 3.97. The summed E-state index contributed by atoms with van der Waals surface area (Å²) in [5.41, 5.74) is 2.16. The highest BCUT2D eigenvalue weighted by Gasteiger charge is 2.38. The average molecular weight is 356 g/mol. The lowest BCUT2D eigenvalue weighted by molar-refractivity contribution is 0.0729. The van der Waals surface area contributed by atoms with Crippen molar-refractivity contribution < 1.29 is 4.79 Å². The second-order valence-electron chi connectivity index (χ2n) is 5.48. The van der Waals surface area contributed by atoms with Gasteiger partial charge >= 0.3 is 0 Å². The Bertz CT molecular complexity index is 881. The molecule has 2 aromatic heterocycles. The molecule has 120 valence electrons. The van der Waals surface area contributed by atoms with Crippen LogP contribution < -0.4 is 5.32 Å². The summed E-state index contributed by atoms with van der Waals surface area (Å²) in [5, 5.41) is 6.00. The summed E-state index contributed by atoms with van der Waals surface area (Å²) in [5.74, 6) is -0.0175. The number of anilines is 1. The molecule has 6 heteroatoms. The van der Waals surface area contributed by atoms with E-state index in [1.165, 1.54) is 0 Å². The number of pyridine rings is 1. The molecule has 0 fully saturated rings. The normalized spacial score (nSPS) is 16.3. The molecule has 24 heavy (non-hydrogen) atoms. The van der Waals surface area contributed by atoms with Crippen molar-refractivity contribution in [3.05, 3.63) is 81.3 Å². The maximum Gasteiger partial charge on any atom is 0.258 e. The number of rotatable bonds is 4. The zero-order valence-corrected chi connectivity index (χ0v) is 14.2. The Morgan fingerprint density at radius 3 is 2.83 bits per heavy atom. The van der Waals surface area contributed by atoms with Gasteiger partial charge < -0.3 is 10.2 Å². The predicted molar refractivity (Wildman–Crippen MR) is 96.2 cm³/mol. The maximum atomic E-state index is 12.8. The Balaban J connectivity index is 1.72. The highest BCUT2D eigenvalue weighted by atomic mass is 35.5. The fraction of sp³-hybridized carbons (Fsp3) is 0.111. The van der Waals surface area contributed by atoms with Crippen LogP contribution >= 0.6 is 22.9 Å². The number of amides is 1. The Kier molecular flexibility index (Phi) is 3.96. The van der Waals surface area contributed by atoms with E-state index < -0.39 is 0 Å². The molecule has 3 heterocycles. The molecule has 4 nitrogen and oxygen atoms in total. The quantitative estimate of drug-likeness (QED) is 0.746. The van der Waals surface area contributed by atoms with E-state index in [4.69, 9.17) is 11.6 Å². The van der Waals surface area contributed by atoms with Crippen molar-refractivity contribution in [1.82, 2.24) is 9.88 Å². The zero-order chi connectivity index (χ0) is 16.5. The van der Waals surface area contributed by atoms with Crippen molar-refractivity contribution in [3.63, 3.8) is 0 Å². The van der Waals surface area contributed by atoms with Crippen molar-refractivity contribution in [1.29, 1.82) is 0 Å². The second kappa shape index (κ2) is 6.26. The van der Waals surface area contributed by atoms with Gasteiger partial charge in [-0.15, -0.1) is 11.3 Å². The highest BCUT2D eigenvalue weighted by Crippen LogP contribution is 2.36. The van der Waals surface area contributed by atoms with Crippen LogP contribution in [0.2, 0.25) is 5.02 Å². The summed E-state index contributed by atoms with van der Waals surface area (Å²) < 4.78 is 0. The average Bonchev–Trinajstić information content (AvgIpc) is 3.20. The van der Waals surface area contributed by atoms with Crippen molar-refractivity contribution in [2.75, 3.05) is 5.32 Å². The fourth-order valence-electron chi connectivity index (χ4n) is 2.84. The van der Waals surface area contributed by atoms with E-state index in [0.717, 1.165) is 16.3 Å². The molecule has 1 aromatic carbocycles. The van der Waals surface area contributed by atoms with Crippen molar-refractivity contribution in [2.24, 2.45) is 0 Å². The molecule has 1 aliphatic rings. The summed E-state index contributed by atoms with van der Waals surface area (Å²) in [7, 11) is 0. The van der Waals surface area contributed by atoms with E-state index >= 15 is 0 Å². The van der Waals surface area contributed by atoms with Crippen LogP contribution in [0.1, 0.15) is 27.1 Å². The first-order valence-corrected chi connectivity index (χ1v) is 8.79. The number of hydrogen-bond acceptors (Lipinski definition) is 4. The van der Waals surface area contributed by atoms with Gasteiger partial charge in [-0.1, -0.05) is 29.8 Å². The minimum atomic E-state index is -0.337. The van der Waals surface area contributed by atoms with Gasteiger partial charge in [-0.25, -0.2) is 0 Å². The van der Waals surface area contributed by atoms with Gasteiger partial charge in [0, 0.05) is 11.1 Å². The number of hydrogen-bond donors (Lipinski definition) is 1. The number of aromatic nitrogens is 1. The topological polar surface area (TPSA) is 45.2 Å². The van der Waals surface area contributed by atoms with E-state index in [-0.39, 0.29) is 12.1 Å². The molecular formula is C18H14ClN3OS. The maximum absolute atomic E-state index is 12.8. The first kappa shape index (κ1) is 15.2. The van der Waals surface area contributed by atoms with Crippen LogP contribution in [0.25, 0.3) is 0 Å². The first-order chi connectivity index (χ1) is 11.7. The standard InChI is InChI=1S/C18H14ClN3OS/c19-14-7-1-2-8-15(14)21-17-16-13(6-3-9-20-16)18(23)22(17)11-12-5-4-10-24-12/h1-10,17,21H,11H2. The summed E-state index contributed by atoms with van der Waals surface area (Å²) in [4.78, 5) is 20.2.